The van der Waals surface area contributed by atoms with Gasteiger partial charge >= 0.3 is 0 Å². The summed E-state index contributed by atoms with van der Waals surface area (Å²) in [6.45, 7) is 0. The normalized spacial score (nSPS) is 11.0. The summed E-state index contributed by atoms with van der Waals surface area (Å²) in [5.41, 5.74) is 9.31. The molecule has 0 saturated heterocycles. The van der Waals surface area contributed by atoms with Gasteiger partial charge in [0.2, 0.25) is 0 Å². The summed E-state index contributed by atoms with van der Waals surface area (Å²) in [5, 5.41) is 5.18. The van der Waals surface area contributed by atoms with Crippen molar-refractivity contribution < 1.29 is 0 Å². The standard InChI is InChI=1S/C18H14ClN5/c19-14-9-5-4-6-12(14)10-16-21-15-11-24(13-7-2-1-3-8-13)23-17(15)18(20)22-16/h1-9,11H,10H2,(H2,20,21,22). The molecule has 24 heavy (non-hydrogen) atoms. The Hall–Kier alpha value is -2.92. The van der Waals surface area contributed by atoms with E-state index >= 15 is 0 Å². The second-order valence-corrected chi connectivity index (χ2v) is 5.84. The number of nitrogens with two attached hydrogens (primary N) is 1. The van der Waals surface area contributed by atoms with Crippen molar-refractivity contribution >= 4 is 28.5 Å². The minimum absolute atomic E-state index is 0.372. The molecule has 0 atom stereocenters. The molecule has 0 unspecified atom stereocenters. The lowest BCUT2D eigenvalue weighted by atomic mass is 10.1. The van der Waals surface area contributed by atoms with Gasteiger partial charge in [0, 0.05) is 11.4 Å². The van der Waals surface area contributed by atoms with Crippen molar-refractivity contribution in [2.45, 2.75) is 6.42 Å². The smallest absolute Gasteiger partial charge is 0.155 e. The van der Waals surface area contributed by atoms with Crippen LogP contribution in [0.25, 0.3) is 16.7 Å². The number of fused-ring (bicyclic) bond motifs is 1. The summed E-state index contributed by atoms with van der Waals surface area (Å²) in [5.74, 6) is 0.998. The van der Waals surface area contributed by atoms with Crippen molar-refractivity contribution in [1.29, 1.82) is 0 Å². The first-order valence-electron chi connectivity index (χ1n) is 7.51. The molecule has 0 aliphatic rings. The Morgan fingerprint density at radius 1 is 0.958 bits per heavy atom. The Labute approximate surface area is 143 Å². The van der Waals surface area contributed by atoms with Crippen molar-refractivity contribution in [3.05, 3.63) is 77.2 Å². The molecule has 0 fully saturated rings. The van der Waals surface area contributed by atoms with Crippen LogP contribution >= 0.6 is 11.6 Å². The minimum Gasteiger partial charge on any atom is -0.382 e. The number of aromatic nitrogens is 4. The van der Waals surface area contributed by atoms with Gasteiger partial charge in [0.25, 0.3) is 0 Å². The molecule has 118 valence electrons. The van der Waals surface area contributed by atoms with Gasteiger partial charge in [-0.15, -0.1) is 0 Å². The number of para-hydroxylation sites is 1. The molecule has 0 spiro atoms. The first-order valence-corrected chi connectivity index (χ1v) is 7.89. The van der Waals surface area contributed by atoms with Crippen LogP contribution in [0.15, 0.2) is 60.8 Å². The third-order valence-corrected chi connectivity index (χ3v) is 4.13. The molecule has 2 aromatic heterocycles. The highest BCUT2D eigenvalue weighted by Gasteiger charge is 2.12. The SMILES string of the molecule is Nc1nc(Cc2ccccc2Cl)nc2cn(-c3ccccc3)nc12. The van der Waals surface area contributed by atoms with E-state index in [2.05, 4.69) is 15.1 Å². The van der Waals surface area contributed by atoms with Gasteiger partial charge in [-0.3, -0.25) is 0 Å². The fourth-order valence-corrected chi connectivity index (χ4v) is 2.79. The monoisotopic (exact) mass is 335 g/mol. The number of nitrogens with zero attached hydrogens (tertiary/aromatic N) is 4. The van der Waals surface area contributed by atoms with E-state index in [-0.39, 0.29) is 0 Å². The zero-order chi connectivity index (χ0) is 16.5. The van der Waals surface area contributed by atoms with E-state index in [1.807, 2.05) is 60.8 Å². The molecule has 0 aliphatic carbocycles. The van der Waals surface area contributed by atoms with E-state index in [1.54, 1.807) is 4.68 Å². The number of anilines is 1. The van der Waals surface area contributed by atoms with Crippen LogP contribution in [0, 0.1) is 0 Å². The molecular formula is C18H14ClN5. The van der Waals surface area contributed by atoms with E-state index in [0.717, 1.165) is 11.3 Å². The van der Waals surface area contributed by atoms with Crippen LogP contribution in [0.3, 0.4) is 0 Å². The van der Waals surface area contributed by atoms with Gasteiger partial charge in [-0.2, -0.15) is 5.10 Å². The van der Waals surface area contributed by atoms with E-state index in [9.17, 15) is 0 Å². The van der Waals surface area contributed by atoms with Crippen molar-refractivity contribution in [2.24, 2.45) is 0 Å². The van der Waals surface area contributed by atoms with Crippen LogP contribution < -0.4 is 5.73 Å². The van der Waals surface area contributed by atoms with E-state index in [1.165, 1.54) is 0 Å². The summed E-state index contributed by atoms with van der Waals surface area (Å²) in [6.07, 6.45) is 2.38. The van der Waals surface area contributed by atoms with Crippen LogP contribution in [-0.4, -0.2) is 19.7 Å². The zero-order valence-corrected chi connectivity index (χ0v) is 13.5. The first-order chi connectivity index (χ1) is 11.7. The van der Waals surface area contributed by atoms with Gasteiger partial charge in [-0.1, -0.05) is 48.0 Å². The molecule has 5 nitrogen and oxygen atoms in total. The lowest BCUT2D eigenvalue weighted by Gasteiger charge is -2.04. The Morgan fingerprint density at radius 2 is 1.71 bits per heavy atom. The van der Waals surface area contributed by atoms with Crippen molar-refractivity contribution in [2.75, 3.05) is 5.73 Å². The summed E-state index contributed by atoms with van der Waals surface area (Å²) in [7, 11) is 0. The van der Waals surface area contributed by atoms with Gasteiger partial charge in [-0.05, 0) is 23.8 Å². The van der Waals surface area contributed by atoms with Gasteiger partial charge in [0.15, 0.2) is 11.3 Å². The molecule has 2 heterocycles. The molecule has 0 radical (unpaired) electrons. The summed E-state index contributed by atoms with van der Waals surface area (Å²) >= 11 is 6.21. The third kappa shape index (κ3) is 2.70. The molecule has 2 aromatic carbocycles. The van der Waals surface area contributed by atoms with Crippen molar-refractivity contribution in [3.63, 3.8) is 0 Å². The molecule has 4 aromatic rings. The first kappa shape index (κ1) is 14.7. The number of rotatable bonds is 3. The predicted molar refractivity (Wildman–Crippen MR) is 95.3 cm³/mol. The quantitative estimate of drug-likeness (QED) is 0.620. The minimum atomic E-state index is 0.372. The number of hydrogen-bond acceptors (Lipinski definition) is 4. The molecule has 0 bridgehead atoms. The maximum Gasteiger partial charge on any atom is 0.155 e. The van der Waals surface area contributed by atoms with Crippen LogP contribution in [-0.2, 0) is 6.42 Å². The topological polar surface area (TPSA) is 69.6 Å². The Morgan fingerprint density at radius 3 is 2.50 bits per heavy atom. The van der Waals surface area contributed by atoms with Gasteiger partial charge < -0.3 is 5.73 Å². The molecule has 4 rings (SSSR count). The molecule has 2 N–H and O–H groups in total. The van der Waals surface area contributed by atoms with Crippen LogP contribution in [0.4, 0.5) is 5.82 Å². The lowest BCUT2D eigenvalue weighted by molar-refractivity contribution is 0.896. The van der Waals surface area contributed by atoms with Gasteiger partial charge in [0.05, 0.1) is 11.9 Å². The van der Waals surface area contributed by atoms with E-state index in [0.29, 0.717) is 34.1 Å². The van der Waals surface area contributed by atoms with Crippen molar-refractivity contribution in [3.8, 4) is 5.69 Å². The number of benzene rings is 2. The Kier molecular flexibility index (Phi) is 3.63. The Bertz CT molecular complexity index is 1010. The van der Waals surface area contributed by atoms with Gasteiger partial charge in [-0.25, -0.2) is 14.6 Å². The summed E-state index contributed by atoms with van der Waals surface area (Å²) < 4.78 is 1.76. The third-order valence-electron chi connectivity index (χ3n) is 3.76. The van der Waals surface area contributed by atoms with Crippen LogP contribution in [0.1, 0.15) is 11.4 Å². The number of halogens is 1. The second-order valence-electron chi connectivity index (χ2n) is 5.44. The van der Waals surface area contributed by atoms with Gasteiger partial charge in [0.1, 0.15) is 11.3 Å². The highest BCUT2D eigenvalue weighted by molar-refractivity contribution is 6.31. The molecular weight excluding hydrogens is 322 g/mol. The highest BCUT2D eigenvalue weighted by Crippen LogP contribution is 2.22. The van der Waals surface area contributed by atoms with Crippen LogP contribution in [0.2, 0.25) is 5.02 Å². The summed E-state index contributed by atoms with van der Waals surface area (Å²) in [6, 6.07) is 17.5. The fourth-order valence-electron chi connectivity index (χ4n) is 2.59. The fraction of sp³-hybridized carbons (Fsp3) is 0.0556. The average molecular weight is 336 g/mol. The maximum absolute atomic E-state index is 6.21. The zero-order valence-electron chi connectivity index (χ0n) is 12.7. The largest absolute Gasteiger partial charge is 0.382 e. The molecule has 6 heteroatoms. The predicted octanol–water partition coefficient (Wildman–Crippen LogP) is 3.64. The molecule has 0 amide bonds. The average Bonchev–Trinajstić information content (AvgIpc) is 3.03. The summed E-state index contributed by atoms with van der Waals surface area (Å²) in [4.78, 5) is 8.96. The van der Waals surface area contributed by atoms with E-state index in [4.69, 9.17) is 17.3 Å². The highest BCUT2D eigenvalue weighted by atomic mass is 35.5. The van der Waals surface area contributed by atoms with Crippen molar-refractivity contribution in [1.82, 2.24) is 19.7 Å². The van der Waals surface area contributed by atoms with Crippen LogP contribution in [0.5, 0.6) is 0 Å². The second kappa shape index (κ2) is 5.94. The number of nitrogen functional groups attached to an aromatic ring is 1. The van der Waals surface area contributed by atoms with E-state index < -0.39 is 0 Å². The molecule has 0 saturated carbocycles. The Balaban J connectivity index is 1.76. The maximum atomic E-state index is 6.21. The lowest BCUT2D eigenvalue weighted by Crippen LogP contribution is -2.02. The molecule has 0 aliphatic heterocycles. The number of hydrogen-bond donors (Lipinski definition) is 1.